The first-order valence-electron chi connectivity index (χ1n) is 5.57. The maximum atomic E-state index is 11.2. The lowest BCUT2D eigenvalue weighted by Gasteiger charge is -2.19. The van der Waals surface area contributed by atoms with E-state index in [0.717, 1.165) is 0 Å². The lowest BCUT2D eigenvalue weighted by molar-refractivity contribution is -0.142. The number of carbonyl (C=O) groups is 1. The summed E-state index contributed by atoms with van der Waals surface area (Å²) in [6, 6.07) is 4.85. The maximum absolute atomic E-state index is 11.2. The Morgan fingerprint density at radius 1 is 1.26 bits per heavy atom. The van der Waals surface area contributed by atoms with Crippen molar-refractivity contribution in [3.05, 3.63) is 44.5 Å². The van der Waals surface area contributed by atoms with E-state index in [-0.39, 0.29) is 6.42 Å². The number of benzene rings is 1. The minimum Gasteiger partial charge on any atom is -0.480 e. The van der Waals surface area contributed by atoms with E-state index in [9.17, 15) is 14.4 Å². The number of aliphatic carboxylic acids is 1. The molecule has 0 saturated heterocycles. The first-order chi connectivity index (χ1) is 8.79. The van der Waals surface area contributed by atoms with Crippen molar-refractivity contribution in [2.45, 2.75) is 18.9 Å². The van der Waals surface area contributed by atoms with Crippen molar-refractivity contribution in [1.29, 1.82) is 0 Å². The fourth-order valence-corrected chi connectivity index (χ4v) is 1.77. The number of fused-ring (bicyclic) bond motifs is 1. The Kier molecular flexibility index (Phi) is 2.99. The van der Waals surface area contributed by atoms with Crippen LogP contribution in [0.4, 0.5) is 0 Å². The lowest BCUT2D eigenvalue weighted by Crippen LogP contribution is -2.46. The van der Waals surface area contributed by atoms with E-state index in [0.29, 0.717) is 16.6 Å². The number of H-pyrrole nitrogens is 2. The number of aromatic nitrogens is 2. The molecule has 0 bridgehead atoms. The average Bonchev–Trinajstić information content (AvgIpc) is 2.30. The number of carboxylic acids is 1. The largest absolute Gasteiger partial charge is 0.480 e. The van der Waals surface area contributed by atoms with Gasteiger partial charge in [0.05, 0.1) is 11.0 Å². The van der Waals surface area contributed by atoms with Gasteiger partial charge in [0.15, 0.2) is 0 Å². The standard InChI is InChI=1S/C12H13N3O4/c1-12(13,11(18)19)5-6-2-3-7-8(4-6)15-10(17)9(16)14-7/h2-4H,5,13H2,1H3,(H,14,16)(H,15,17)(H,18,19). The molecule has 0 saturated carbocycles. The van der Waals surface area contributed by atoms with Crippen LogP contribution in [0.1, 0.15) is 12.5 Å². The van der Waals surface area contributed by atoms with Gasteiger partial charge in [-0.2, -0.15) is 0 Å². The van der Waals surface area contributed by atoms with Gasteiger partial charge in [-0.3, -0.25) is 14.4 Å². The van der Waals surface area contributed by atoms with E-state index in [1.807, 2.05) is 0 Å². The normalized spacial score (nSPS) is 14.2. The Hall–Kier alpha value is -2.41. The molecule has 5 N–H and O–H groups in total. The molecule has 0 spiro atoms. The third-order valence-corrected chi connectivity index (χ3v) is 2.85. The molecule has 0 fully saturated rings. The Labute approximate surface area is 107 Å². The van der Waals surface area contributed by atoms with Crippen molar-refractivity contribution in [1.82, 2.24) is 9.97 Å². The van der Waals surface area contributed by atoms with Gasteiger partial charge in [-0.05, 0) is 24.6 Å². The Balaban J connectivity index is 2.48. The van der Waals surface area contributed by atoms with Crippen LogP contribution >= 0.6 is 0 Å². The van der Waals surface area contributed by atoms with Crippen molar-refractivity contribution in [3.8, 4) is 0 Å². The highest BCUT2D eigenvalue weighted by molar-refractivity contribution is 5.79. The molecule has 1 atom stereocenters. The molecule has 2 rings (SSSR count). The first kappa shape index (κ1) is 13.0. The molecule has 0 aliphatic heterocycles. The second-order valence-electron chi connectivity index (χ2n) is 4.69. The average molecular weight is 263 g/mol. The smallest absolute Gasteiger partial charge is 0.323 e. The second-order valence-corrected chi connectivity index (χ2v) is 4.69. The van der Waals surface area contributed by atoms with Crippen LogP contribution in [-0.2, 0) is 11.2 Å². The predicted octanol–water partition coefficient (Wildman–Crippen LogP) is -0.439. The number of nitrogens with two attached hydrogens (primary N) is 1. The van der Waals surface area contributed by atoms with Gasteiger partial charge in [0.25, 0.3) is 0 Å². The summed E-state index contributed by atoms with van der Waals surface area (Å²) in [7, 11) is 0. The molecule has 0 amide bonds. The van der Waals surface area contributed by atoms with Crippen LogP contribution in [0.15, 0.2) is 27.8 Å². The number of nitrogens with one attached hydrogen (secondary N) is 2. The highest BCUT2D eigenvalue weighted by atomic mass is 16.4. The van der Waals surface area contributed by atoms with E-state index >= 15 is 0 Å². The van der Waals surface area contributed by atoms with Gasteiger partial charge in [-0.1, -0.05) is 6.07 Å². The zero-order chi connectivity index (χ0) is 14.2. The Morgan fingerprint density at radius 3 is 2.42 bits per heavy atom. The van der Waals surface area contributed by atoms with E-state index in [4.69, 9.17) is 10.8 Å². The molecule has 1 heterocycles. The van der Waals surface area contributed by atoms with Crippen molar-refractivity contribution >= 4 is 17.0 Å². The van der Waals surface area contributed by atoms with Crippen LogP contribution in [-0.4, -0.2) is 26.6 Å². The molecular formula is C12H13N3O4. The highest BCUT2D eigenvalue weighted by Gasteiger charge is 2.28. The van der Waals surface area contributed by atoms with Crippen LogP contribution in [0.2, 0.25) is 0 Å². The molecule has 0 aliphatic rings. The van der Waals surface area contributed by atoms with E-state index in [2.05, 4.69) is 9.97 Å². The number of carboxylic acid groups (broad SMARTS) is 1. The van der Waals surface area contributed by atoms with Gasteiger partial charge < -0.3 is 20.8 Å². The first-order valence-corrected chi connectivity index (χ1v) is 5.57. The molecule has 2 aromatic rings. The number of hydrogen-bond donors (Lipinski definition) is 4. The fourth-order valence-electron chi connectivity index (χ4n) is 1.77. The Bertz CT molecular complexity index is 757. The molecule has 19 heavy (non-hydrogen) atoms. The van der Waals surface area contributed by atoms with Crippen LogP contribution in [0.25, 0.3) is 11.0 Å². The zero-order valence-electron chi connectivity index (χ0n) is 10.2. The monoisotopic (exact) mass is 263 g/mol. The lowest BCUT2D eigenvalue weighted by atomic mass is 9.94. The van der Waals surface area contributed by atoms with E-state index < -0.39 is 22.6 Å². The molecular weight excluding hydrogens is 250 g/mol. The van der Waals surface area contributed by atoms with Crippen LogP contribution in [0.5, 0.6) is 0 Å². The summed E-state index contributed by atoms with van der Waals surface area (Å²) in [4.78, 5) is 38.2. The van der Waals surface area contributed by atoms with Gasteiger partial charge in [0, 0.05) is 6.42 Å². The highest BCUT2D eigenvalue weighted by Crippen LogP contribution is 2.15. The summed E-state index contributed by atoms with van der Waals surface area (Å²) in [5.41, 5.74) is 4.35. The summed E-state index contributed by atoms with van der Waals surface area (Å²) >= 11 is 0. The van der Waals surface area contributed by atoms with Gasteiger partial charge in [0.2, 0.25) is 0 Å². The maximum Gasteiger partial charge on any atom is 0.323 e. The number of rotatable bonds is 3. The van der Waals surface area contributed by atoms with Gasteiger partial charge >= 0.3 is 17.1 Å². The predicted molar refractivity (Wildman–Crippen MR) is 69.1 cm³/mol. The fraction of sp³-hybridized carbons (Fsp3) is 0.250. The molecule has 1 unspecified atom stereocenters. The summed E-state index contributed by atoms with van der Waals surface area (Å²) in [6.07, 6.45) is 0.111. The van der Waals surface area contributed by atoms with Gasteiger partial charge in [-0.15, -0.1) is 0 Å². The van der Waals surface area contributed by atoms with E-state index in [1.54, 1.807) is 18.2 Å². The Morgan fingerprint density at radius 2 is 1.84 bits per heavy atom. The van der Waals surface area contributed by atoms with E-state index in [1.165, 1.54) is 6.92 Å². The SMILES string of the molecule is CC(N)(Cc1ccc2[nH]c(=O)c(=O)[nH]c2c1)C(=O)O. The quantitative estimate of drug-likeness (QED) is 0.558. The summed E-state index contributed by atoms with van der Waals surface area (Å²) < 4.78 is 0. The minimum atomic E-state index is -1.39. The van der Waals surface area contributed by atoms with Crippen molar-refractivity contribution in [3.63, 3.8) is 0 Å². The van der Waals surface area contributed by atoms with Crippen molar-refractivity contribution in [2.75, 3.05) is 0 Å². The van der Waals surface area contributed by atoms with Gasteiger partial charge in [-0.25, -0.2) is 0 Å². The molecule has 100 valence electrons. The summed E-state index contributed by atoms with van der Waals surface area (Å²) in [5.74, 6) is -1.11. The number of hydrogen-bond acceptors (Lipinski definition) is 4. The molecule has 1 aromatic carbocycles. The summed E-state index contributed by atoms with van der Waals surface area (Å²) in [6.45, 7) is 1.41. The molecule has 0 aliphatic carbocycles. The third-order valence-electron chi connectivity index (χ3n) is 2.85. The van der Waals surface area contributed by atoms with Gasteiger partial charge in [0.1, 0.15) is 5.54 Å². The molecule has 0 radical (unpaired) electrons. The van der Waals surface area contributed by atoms with Crippen LogP contribution in [0, 0.1) is 0 Å². The molecule has 7 heteroatoms. The molecule has 7 nitrogen and oxygen atoms in total. The summed E-state index contributed by atoms with van der Waals surface area (Å²) in [5, 5.41) is 8.97. The third kappa shape index (κ3) is 2.55. The van der Waals surface area contributed by atoms with Crippen molar-refractivity contribution in [2.24, 2.45) is 5.73 Å². The van der Waals surface area contributed by atoms with Crippen LogP contribution < -0.4 is 16.9 Å². The zero-order valence-corrected chi connectivity index (χ0v) is 10.2. The molecule has 1 aromatic heterocycles. The number of aromatic amines is 2. The second kappa shape index (κ2) is 4.36. The van der Waals surface area contributed by atoms with Crippen LogP contribution in [0.3, 0.4) is 0 Å². The minimum absolute atomic E-state index is 0.111. The topological polar surface area (TPSA) is 129 Å². The van der Waals surface area contributed by atoms with Crippen molar-refractivity contribution < 1.29 is 9.90 Å².